The van der Waals surface area contributed by atoms with Crippen LogP contribution in [0.4, 0.5) is 0 Å². The second-order valence-corrected chi connectivity index (χ2v) is 7.80. The molecule has 0 aliphatic rings. The van der Waals surface area contributed by atoms with Gasteiger partial charge in [0.2, 0.25) is 0 Å². The van der Waals surface area contributed by atoms with E-state index in [1.54, 1.807) is 37.8 Å². The standard InChI is InChI=1S/C26H22ClN3O2/c1-17-10-20(15-28-13-17)21-12-22(25(29-16-21)19-6-4-3-5-7-19)26(31)30-14-18-8-9-24(32-2)23(27)11-18/h3-13,15-16H,14H2,1-2H3,(H,30,31). The first-order chi connectivity index (χ1) is 15.5. The molecule has 0 spiro atoms. The van der Waals surface area contributed by atoms with E-state index in [0.29, 0.717) is 28.6 Å². The van der Waals surface area contributed by atoms with Crippen LogP contribution in [-0.2, 0) is 6.54 Å². The summed E-state index contributed by atoms with van der Waals surface area (Å²) in [6.07, 6.45) is 5.34. The van der Waals surface area contributed by atoms with Gasteiger partial charge >= 0.3 is 0 Å². The lowest BCUT2D eigenvalue weighted by molar-refractivity contribution is 0.0951. The largest absolute Gasteiger partial charge is 0.495 e. The smallest absolute Gasteiger partial charge is 0.253 e. The highest BCUT2D eigenvalue weighted by Gasteiger charge is 2.16. The number of halogens is 1. The minimum absolute atomic E-state index is 0.217. The molecule has 0 saturated carbocycles. The number of amides is 1. The van der Waals surface area contributed by atoms with Crippen LogP contribution in [0.3, 0.4) is 0 Å². The zero-order valence-corrected chi connectivity index (χ0v) is 18.6. The summed E-state index contributed by atoms with van der Waals surface area (Å²) in [5, 5.41) is 3.49. The number of hydrogen-bond donors (Lipinski definition) is 1. The molecule has 2 heterocycles. The molecule has 0 bridgehead atoms. The number of nitrogens with one attached hydrogen (secondary N) is 1. The molecular weight excluding hydrogens is 422 g/mol. The normalized spacial score (nSPS) is 10.6. The van der Waals surface area contributed by atoms with Gasteiger partial charge < -0.3 is 10.1 Å². The van der Waals surface area contributed by atoms with Gasteiger partial charge in [-0.15, -0.1) is 0 Å². The van der Waals surface area contributed by atoms with Crippen molar-refractivity contribution in [2.24, 2.45) is 0 Å². The van der Waals surface area contributed by atoms with Gasteiger partial charge in [0.1, 0.15) is 5.75 Å². The summed E-state index contributed by atoms with van der Waals surface area (Å²) in [6, 6.07) is 19.0. The van der Waals surface area contributed by atoms with Gasteiger partial charge in [-0.05, 0) is 42.3 Å². The number of carbonyl (C=O) groups excluding carboxylic acids is 1. The van der Waals surface area contributed by atoms with Gasteiger partial charge in [-0.2, -0.15) is 0 Å². The zero-order valence-electron chi connectivity index (χ0n) is 17.8. The lowest BCUT2D eigenvalue weighted by atomic mass is 10.0. The van der Waals surface area contributed by atoms with E-state index in [1.165, 1.54) is 0 Å². The highest BCUT2D eigenvalue weighted by atomic mass is 35.5. The minimum atomic E-state index is -0.217. The first kappa shape index (κ1) is 21.5. The van der Waals surface area contributed by atoms with Crippen LogP contribution in [0, 0.1) is 6.92 Å². The molecule has 0 aliphatic carbocycles. The van der Waals surface area contributed by atoms with Crippen molar-refractivity contribution in [1.82, 2.24) is 15.3 Å². The molecule has 0 radical (unpaired) electrons. The minimum Gasteiger partial charge on any atom is -0.495 e. The number of hydrogen-bond acceptors (Lipinski definition) is 4. The van der Waals surface area contributed by atoms with Crippen LogP contribution < -0.4 is 10.1 Å². The Morgan fingerprint density at radius 3 is 2.47 bits per heavy atom. The van der Waals surface area contributed by atoms with Gasteiger partial charge in [0.05, 0.1) is 23.4 Å². The lowest BCUT2D eigenvalue weighted by Crippen LogP contribution is -2.24. The highest BCUT2D eigenvalue weighted by molar-refractivity contribution is 6.32. The quantitative estimate of drug-likeness (QED) is 0.414. The average molecular weight is 444 g/mol. The second-order valence-electron chi connectivity index (χ2n) is 7.39. The van der Waals surface area contributed by atoms with Crippen LogP contribution in [0.25, 0.3) is 22.4 Å². The van der Waals surface area contributed by atoms with E-state index in [-0.39, 0.29) is 5.91 Å². The van der Waals surface area contributed by atoms with E-state index >= 15 is 0 Å². The molecule has 2 aromatic heterocycles. The molecule has 2 aromatic carbocycles. The third-order valence-corrected chi connectivity index (χ3v) is 5.35. The van der Waals surface area contributed by atoms with Gasteiger partial charge in [0.15, 0.2) is 0 Å². The van der Waals surface area contributed by atoms with Gasteiger partial charge in [-0.3, -0.25) is 14.8 Å². The Kier molecular flexibility index (Phi) is 6.47. The SMILES string of the molecule is COc1ccc(CNC(=O)c2cc(-c3cncc(C)c3)cnc2-c2ccccc2)cc1Cl. The molecule has 4 rings (SSSR count). The highest BCUT2D eigenvalue weighted by Crippen LogP contribution is 2.28. The number of pyridine rings is 2. The molecule has 0 saturated heterocycles. The number of ether oxygens (including phenoxy) is 1. The maximum absolute atomic E-state index is 13.2. The Morgan fingerprint density at radius 2 is 1.75 bits per heavy atom. The van der Waals surface area contributed by atoms with Crippen molar-refractivity contribution in [2.45, 2.75) is 13.5 Å². The van der Waals surface area contributed by atoms with Crippen molar-refractivity contribution >= 4 is 17.5 Å². The number of benzene rings is 2. The number of methoxy groups -OCH3 is 1. The van der Waals surface area contributed by atoms with E-state index in [4.69, 9.17) is 16.3 Å². The molecule has 6 heteroatoms. The zero-order chi connectivity index (χ0) is 22.5. The number of nitrogens with zero attached hydrogens (tertiary/aromatic N) is 2. The summed E-state index contributed by atoms with van der Waals surface area (Å²) in [4.78, 5) is 22.2. The topological polar surface area (TPSA) is 64.1 Å². The average Bonchev–Trinajstić information content (AvgIpc) is 2.83. The maximum atomic E-state index is 13.2. The molecule has 160 valence electrons. The molecule has 1 N–H and O–H groups in total. The first-order valence-electron chi connectivity index (χ1n) is 10.1. The molecule has 0 unspecified atom stereocenters. The van der Waals surface area contributed by atoms with E-state index in [1.807, 2.05) is 55.5 Å². The number of rotatable bonds is 6. The summed E-state index contributed by atoms with van der Waals surface area (Å²) < 4.78 is 5.19. The van der Waals surface area contributed by atoms with Crippen molar-refractivity contribution in [3.05, 3.63) is 101 Å². The van der Waals surface area contributed by atoms with Crippen LogP contribution in [-0.4, -0.2) is 23.0 Å². The third kappa shape index (κ3) is 4.79. The van der Waals surface area contributed by atoms with Crippen molar-refractivity contribution in [3.8, 4) is 28.1 Å². The first-order valence-corrected chi connectivity index (χ1v) is 10.5. The Hall–Kier alpha value is -3.70. The van der Waals surface area contributed by atoms with Gasteiger partial charge in [-0.1, -0.05) is 48.0 Å². The molecule has 0 fully saturated rings. The fourth-order valence-corrected chi connectivity index (χ4v) is 3.71. The molecule has 5 nitrogen and oxygen atoms in total. The van der Waals surface area contributed by atoms with Crippen molar-refractivity contribution < 1.29 is 9.53 Å². The van der Waals surface area contributed by atoms with E-state index in [9.17, 15) is 4.79 Å². The summed E-state index contributed by atoms with van der Waals surface area (Å²) in [5.74, 6) is 0.377. The second kappa shape index (κ2) is 9.62. The fraction of sp³-hybridized carbons (Fsp3) is 0.115. The van der Waals surface area contributed by atoms with Gasteiger partial charge in [0.25, 0.3) is 5.91 Å². The van der Waals surface area contributed by atoms with E-state index < -0.39 is 0 Å². The monoisotopic (exact) mass is 443 g/mol. The molecular formula is C26H22ClN3O2. The van der Waals surface area contributed by atoms with Crippen molar-refractivity contribution in [3.63, 3.8) is 0 Å². The number of aryl methyl sites for hydroxylation is 1. The molecule has 32 heavy (non-hydrogen) atoms. The number of aromatic nitrogens is 2. The summed E-state index contributed by atoms with van der Waals surface area (Å²) in [5.41, 5.74) is 5.65. The lowest BCUT2D eigenvalue weighted by Gasteiger charge is -2.13. The Bertz CT molecular complexity index is 1260. The predicted octanol–water partition coefficient (Wildman–Crippen LogP) is 5.71. The maximum Gasteiger partial charge on any atom is 0.253 e. The molecule has 0 aliphatic heterocycles. The third-order valence-electron chi connectivity index (χ3n) is 5.06. The van der Waals surface area contributed by atoms with Crippen LogP contribution in [0.5, 0.6) is 5.75 Å². The number of carbonyl (C=O) groups is 1. The van der Waals surface area contributed by atoms with Crippen LogP contribution in [0.1, 0.15) is 21.5 Å². The van der Waals surface area contributed by atoms with E-state index in [0.717, 1.165) is 27.8 Å². The van der Waals surface area contributed by atoms with E-state index in [2.05, 4.69) is 15.3 Å². The molecule has 0 atom stereocenters. The summed E-state index contributed by atoms with van der Waals surface area (Å²) in [7, 11) is 1.57. The van der Waals surface area contributed by atoms with Gasteiger partial charge in [-0.25, -0.2) is 0 Å². The van der Waals surface area contributed by atoms with Crippen LogP contribution >= 0.6 is 11.6 Å². The molecule has 1 amide bonds. The molecule has 4 aromatic rings. The van der Waals surface area contributed by atoms with Gasteiger partial charge in [0, 0.05) is 41.8 Å². The Balaban J connectivity index is 1.67. The van der Waals surface area contributed by atoms with Crippen molar-refractivity contribution in [1.29, 1.82) is 0 Å². The Labute approximate surface area is 192 Å². The summed E-state index contributed by atoms with van der Waals surface area (Å²) in [6.45, 7) is 2.31. The van der Waals surface area contributed by atoms with Crippen molar-refractivity contribution in [2.75, 3.05) is 7.11 Å². The predicted molar refractivity (Wildman–Crippen MR) is 127 cm³/mol. The van der Waals surface area contributed by atoms with Crippen LogP contribution in [0.2, 0.25) is 5.02 Å². The van der Waals surface area contributed by atoms with Crippen LogP contribution in [0.15, 0.2) is 79.3 Å². The summed E-state index contributed by atoms with van der Waals surface area (Å²) >= 11 is 6.21. The Morgan fingerprint density at radius 1 is 0.969 bits per heavy atom. The fourth-order valence-electron chi connectivity index (χ4n) is 3.43.